The first-order chi connectivity index (χ1) is 20.8. The fourth-order valence-electron chi connectivity index (χ4n) is 7.50. The molecule has 6 nitrogen and oxygen atoms in total. The normalized spacial score (nSPS) is 27.5. The molecule has 0 spiro atoms. The van der Waals surface area contributed by atoms with Crippen LogP contribution in [0.1, 0.15) is 62.1 Å². The number of amides is 1. The van der Waals surface area contributed by atoms with E-state index in [2.05, 4.69) is 0 Å². The molecule has 1 saturated carbocycles. The van der Waals surface area contributed by atoms with E-state index in [1.807, 2.05) is 0 Å². The summed E-state index contributed by atoms with van der Waals surface area (Å²) < 4.78 is 137. The molecule has 2 aliphatic carbocycles. The molecule has 2 aromatic carbocycles. The number of nitrogens with zero attached hydrogens (tertiary/aromatic N) is 1. The Hall–Kier alpha value is -3.23. The Kier molecular flexibility index (Phi) is 8.06. The summed E-state index contributed by atoms with van der Waals surface area (Å²) in [4.78, 5) is 26.4. The molecule has 15 heteroatoms. The number of alkyl halides is 7. The molecule has 45 heavy (non-hydrogen) atoms. The summed E-state index contributed by atoms with van der Waals surface area (Å²) in [5.74, 6) is -3.43. The van der Waals surface area contributed by atoms with Crippen LogP contribution in [0.15, 0.2) is 47.4 Å². The SMILES string of the molecule is C[C@@H]1CC2(S(=O)(=O)c3ccc(F)cc3)c3ccc(C(F)(C(F)(F)F)C(F)(F)F)cc3CCC2N1C(=O)C1CCC(C(=O)O)CC1. The molecular weight excluding hydrogens is 638 g/mol. The van der Waals surface area contributed by atoms with Gasteiger partial charge in [-0.1, -0.05) is 18.2 Å². The molecule has 3 aliphatic rings. The summed E-state index contributed by atoms with van der Waals surface area (Å²) in [6, 6.07) is 3.31. The fraction of sp³-hybridized carbons (Fsp3) is 0.533. The maximum absolute atomic E-state index is 15.0. The number of carbonyl (C=O) groups excluding carboxylic acids is 1. The minimum absolute atomic E-state index is 0.157. The third-order valence-electron chi connectivity index (χ3n) is 9.66. The summed E-state index contributed by atoms with van der Waals surface area (Å²) in [5, 5.41) is 9.34. The Labute approximate surface area is 253 Å². The number of fused-ring (bicyclic) bond motifs is 3. The molecular formula is C30H29F8NO5S. The summed E-state index contributed by atoms with van der Waals surface area (Å²) in [6.45, 7) is 1.58. The Bertz CT molecular complexity index is 1590. The van der Waals surface area contributed by atoms with Gasteiger partial charge >= 0.3 is 24.0 Å². The van der Waals surface area contributed by atoms with Crippen molar-refractivity contribution < 1.29 is 58.2 Å². The third-order valence-corrected chi connectivity index (χ3v) is 12.2. The van der Waals surface area contributed by atoms with E-state index in [0.29, 0.717) is 6.07 Å². The van der Waals surface area contributed by atoms with Gasteiger partial charge in [0.2, 0.25) is 5.91 Å². The van der Waals surface area contributed by atoms with E-state index >= 15 is 4.39 Å². The predicted octanol–water partition coefficient (Wildman–Crippen LogP) is 6.61. The van der Waals surface area contributed by atoms with Gasteiger partial charge in [-0.05, 0) is 87.3 Å². The van der Waals surface area contributed by atoms with Crippen LogP contribution in [0.2, 0.25) is 0 Å². The van der Waals surface area contributed by atoms with Crippen molar-refractivity contribution in [3.63, 3.8) is 0 Å². The lowest BCUT2D eigenvalue weighted by atomic mass is 9.76. The average molecular weight is 668 g/mol. The summed E-state index contributed by atoms with van der Waals surface area (Å²) >= 11 is 0. The minimum Gasteiger partial charge on any atom is -0.481 e. The second-order valence-electron chi connectivity index (χ2n) is 12.1. The molecule has 1 aliphatic heterocycles. The van der Waals surface area contributed by atoms with E-state index in [-0.39, 0.29) is 67.0 Å². The van der Waals surface area contributed by atoms with Crippen LogP contribution in [0, 0.1) is 17.7 Å². The van der Waals surface area contributed by atoms with Gasteiger partial charge in [0.05, 0.1) is 16.9 Å². The van der Waals surface area contributed by atoms with E-state index in [1.165, 1.54) is 4.90 Å². The van der Waals surface area contributed by atoms with Crippen LogP contribution in [-0.4, -0.2) is 54.7 Å². The van der Waals surface area contributed by atoms with Crippen molar-refractivity contribution in [1.29, 1.82) is 0 Å². The van der Waals surface area contributed by atoms with Crippen molar-refractivity contribution >= 4 is 21.7 Å². The molecule has 1 saturated heterocycles. The van der Waals surface area contributed by atoms with Gasteiger partial charge in [-0.15, -0.1) is 0 Å². The van der Waals surface area contributed by atoms with Crippen LogP contribution in [0.3, 0.4) is 0 Å². The molecule has 1 amide bonds. The molecule has 1 N–H and O–H groups in total. The highest BCUT2D eigenvalue weighted by Gasteiger charge is 2.74. The minimum atomic E-state index is -6.38. The number of hydrogen-bond donors (Lipinski definition) is 1. The lowest BCUT2D eigenvalue weighted by molar-refractivity contribution is -0.348. The first-order valence-electron chi connectivity index (χ1n) is 14.3. The van der Waals surface area contributed by atoms with Gasteiger partial charge in [0.25, 0.3) is 0 Å². The van der Waals surface area contributed by atoms with Crippen molar-refractivity contribution in [3.8, 4) is 0 Å². The highest BCUT2D eigenvalue weighted by atomic mass is 32.2. The lowest BCUT2D eigenvalue weighted by Gasteiger charge is -2.44. The first kappa shape index (κ1) is 33.1. The number of hydrogen-bond acceptors (Lipinski definition) is 4. The molecule has 3 atom stereocenters. The van der Waals surface area contributed by atoms with E-state index < -0.39 is 79.8 Å². The molecule has 0 radical (unpaired) electrons. The molecule has 0 aromatic heterocycles. The quantitative estimate of drug-likeness (QED) is 0.286. The zero-order valence-corrected chi connectivity index (χ0v) is 24.6. The number of carbonyl (C=O) groups is 2. The molecule has 2 unspecified atom stereocenters. The van der Waals surface area contributed by atoms with Crippen LogP contribution in [0.4, 0.5) is 35.1 Å². The van der Waals surface area contributed by atoms with Crippen molar-refractivity contribution in [3.05, 3.63) is 65.0 Å². The number of carboxylic acids is 1. The standard InChI is InChI=1S/C30H29F8NO5S/c1-16-15-27(45(43,44)22-10-8-21(31)9-11-22)23-12-7-20(28(32,29(33,34)35)30(36,37)38)14-19(23)6-13-24(27)39(16)25(40)17-2-4-18(5-3-17)26(41)42/h7-12,14,16-18,24H,2-6,13,15H2,1H3,(H,41,42)/t16-,17?,18?,24?,27?/m1/s1. The maximum atomic E-state index is 15.0. The summed E-state index contributed by atoms with van der Waals surface area (Å²) in [6.07, 6.45) is -12.6. The van der Waals surface area contributed by atoms with Gasteiger partial charge in [-0.2, -0.15) is 26.3 Å². The molecule has 0 bridgehead atoms. The average Bonchev–Trinajstić information content (AvgIpc) is 3.28. The van der Waals surface area contributed by atoms with Gasteiger partial charge in [0.15, 0.2) is 9.84 Å². The fourth-order valence-corrected chi connectivity index (χ4v) is 9.96. The highest BCUT2D eigenvalue weighted by molar-refractivity contribution is 7.92. The first-order valence-corrected chi connectivity index (χ1v) is 15.8. The Balaban J connectivity index is 1.65. The van der Waals surface area contributed by atoms with Crippen molar-refractivity contribution in [2.45, 2.75) is 91.6 Å². The number of likely N-dealkylation sites (tertiary alicyclic amines) is 1. The van der Waals surface area contributed by atoms with Gasteiger partial charge in [0, 0.05) is 17.5 Å². The van der Waals surface area contributed by atoms with Gasteiger partial charge in [-0.25, -0.2) is 17.2 Å². The second kappa shape index (κ2) is 10.9. The largest absolute Gasteiger partial charge is 0.481 e. The van der Waals surface area contributed by atoms with Gasteiger partial charge < -0.3 is 10.0 Å². The zero-order valence-electron chi connectivity index (χ0n) is 23.8. The molecule has 246 valence electrons. The van der Waals surface area contributed by atoms with E-state index in [4.69, 9.17) is 0 Å². The number of benzene rings is 2. The molecule has 2 aromatic rings. The number of rotatable bonds is 5. The van der Waals surface area contributed by atoms with Crippen LogP contribution >= 0.6 is 0 Å². The molecule has 5 rings (SSSR count). The summed E-state index contributed by atoms with van der Waals surface area (Å²) in [7, 11) is -4.62. The molecule has 1 heterocycles. The van der Waals surface area contributed by atoms with Crippen molar-refractivity contribution in [2.75, 3.05) is 0 Å². The van der Waals surface area contributed by atoms with Crippen LogP contribution in [0.25, 0.3) is 0 Å². The van der Waals surface area contributed by atoms with Gasteiger partial charge in [0.1, 0.15) is 10.6 Å². The maximum Gasteiger partial charge on any atom is 0.435 e. The van der Waals surface area contributed by atoms with Gasteiger partial charge in [-0.3, -0.25) is 9.59 Å². The number of aliphatic carboxylic acids is 1. The lowest BCUT2D eigenvalue weighted by Crippen LogP contribution is -2.54. The third kappa shape index (κ3) is 4.99. The highest BCUT2D eigenvalue weighted by Crippen LogP contribution is 2.58. The number of carboxylic acid groups (broad SMARTS) is 1. The Morgan fingerprint density at radius 1 is 0.867 bits per heavy atom. The Morgan fingerprint density at radius 3 is 1.96 bits per heavy atom. The number of aryl methyl sites for hydroxylation is 1. The van der Waals surface area contributed by atoms with Crippen LogP contribution in [-0.2, 0) is 36.3 Å². The van der Waals surface area contributed by atoms with Crippen molar-refractivity contribution in [2.24, 2.45) is 11.8 Å². The van der Waals surface area contributed by atoms with E-state index in [9.17, 15) is 53.8 Å². The van der Waals surface area contributed by atoms with Crippen molar-refractivity contribution in [1.82, 2.24) is 4.90 Å². The topological polar surface area (TPSA) is 91.8 Å². The zero-order chi connectivity index (χ0) is 33.3. The molecule has 2 fully saturated rings. The predicted molar refractivity (Wildman–Crippen MR) is 143 cm³/mol. The van der Waals surface area contributed by atoms with E-state index in [0.717, 1.165) is 30.3 Å². The monoisotopic (exact) mass is 667 g/mol. The smallest absolute Gasteiger partial charge is 0.435 e. The number of halogens is 8. The second-order valence-corrected chi connectivity index (χ2v) is 14.3. The summed E-state index contributed by atoms with van der Waals surface area (Å²) in [5.41, 5.74) is -7.87. The number of sulfone groups is 1. The van der Waals surface area contributed by atoms with E-state index in [1.54, 1.807) is 6.92 Å². The Morgan fingerprint density at radius 2 is 1.42 bits per heavy atom. The van der Waals surface area contributed by atoms with Crippen LogP contribution in [0.5, 0.6) is 0 Å². The van der Waals surface area contributed by atoms with Crippen LogP contribution < -0.4 is 0 Å².